The van der Waals surface area contributed by atoms with Crippen molar-refractivity contribution in [1.82, 2.24) is 20.4 Å². The average Bonchev–Trinajstić information content (AvgIpc) is 3.40. The van der Waals surface area contributed by atoms with Crippen LogP contribution >= 0.6 is 0 Å². The summed E-state index contributed by atoms with van der Waals surface area (Å²) in [6.45, 7) is 8.78. The van der Waals surface area contributed by atoms with E-state index in [-0.39, 0.29) is 18.5 Å². The maximum atomic E-state index is 13.7. The van der Waals surface area contributed by atoms with E-state index in [9.17, 15) is 25.1 Å². The van der Waals surface area contributed by atoms with Gasteiger partial charge in [-0.15, -0.1) is 0 Å². The second kappa shape index (κ2) is 11.0. The van der Waals surface area contributed by atoms with Gasteiger partial charge in [-0.25, -0.2) is 4.79 Å². The van der Waals surface area contributed by atoms with Crippen LogP contribution in [-0.2, 0) is 17.8 Å². The summed E-state index contributed by atoms with van der Waals surface area (Å²) in [6.07, 6.45) is -0.987. The predicted molar refractivity (Wildman–Crippen MR) is 145 cm³/mol. The van der Waals surface area contributed by atoms with Gasteiger partial charge >= 0.3 is 6.09 Å². The lowest BCUT2D eigenvalue weighted by Gasteiger charge is -2.45. The summed E-state index contributed by atoms with van der Waals surface area (Å²) in [5, 5.41) is 35.7. The zero-order chi connectivity index (χ0) is 29.2. The molecule has 0 unspecified atom stereocenters. The van der Waals surface area contributed by atoms with Crippen LogP contribution in [0.3, 0.4) is 0 Å². The molecule has 0 fully saturated rings. The number of rotatable bonds is 7. The number of nitrogens with one attached hydrogen (secondary N) is 1. The van der Waals surface area contributed by atoms with Crippen LogP contribution in [0.5, 0.6) is 5.75 Å². The lowest BCUT2D eigenvalue weighted by molar-refractivity contribution is -0.146. The lowest BCUT2D eigenvalue weighted by atomic mass is 9.72. The Morgan fingerprint density at radius 1 is 1.25 bits per heavy atom. The van der Waals surface area contributed by atoms with Crippen molar-refractivity contribution in [3.05, 3.63) is 53.1 Å². The lowest BCUT2D eigenvalue weighted by Crippen LogP contribution is -2.68. The molecular formula is C29H33N5O6. The molecule has 4 rings (SSSR count). The first-order valence-electron chi connectivity index (χ1n) is 13.0. The average molecular weight is 548 g/mol. The molecule has 11 heteroatoms. The third kappa shape index (κ3) is 5.35. The first-order valence-corrected chi connectivity index (χ1v) is 13.0. The number of benzene rings is 2. The van der Waals surface area contributed by atoms with Gasteiger partial charge in [0, 0.05) is 24.2 Å². The van der Waals surface area contributed by atoms with E-state index in [4.69, 9.17) is 9.26 Å². The van der Waals surface area contributed by atoms with Crippen LogP contribution in [0.15, 0.2) is 40.9 Å². The number of aliphatic hydroxyl groups is 1. The van der Waals surface area contributed by atoms with Crippen molar-refractivity contribution < 1.29 is 29.1 Å². The molecule has 0 bridgehead atoms. The number of amides is 2. The number of nitriles is 1. The van der Waals surface area contributed by atoms with Crippen molar-refractivity contribution in [3.8, 4) is 34.7 Å². The Morgan fingerprint density at radius 3 is 2.62 bits per heavy atom. The maximum Gasteiger partial charge on any atom is 0.405 e. The molecule has 1 aliphatic heterocycles. The highest BCUT2D eigenvalue weighted by molar-refractivity contribution is 5.91. The summed E-state index contributed by atoms with van der Waals surface area (Å²) < 4.78 is 11.2. The fourth-order valence-electron chi connectivity index (χ4n) is 4.91. The predicted octanol–water partition coefficient (Wildman–Crippen LogP) is 3.99. The van der Waals surface area contributed by atoms with E-state index in [2.05, 4.69) is 21.5 Å². The molecule has 11 nitrogen and oxygen atoms in total. The number of carbonyl (C=O) groups excluding carboxylic acids is 1. The van der Waals surface area contributed by atoms with Crippen LogP contribution in [0.2, 0.25) is 0 Å². The summed E-state index contributed by atoms with van der Waals surface area (Å²) in [5.74, 6) is 0.624. The molecule has 2 amide bonds. The molecule has 210 valence electrons. The normalized spacial score (nSPS) is 14.7. The number of aliphatic hydroxyl groups excluding tert-OH is 1. The molecule has 3 aromatic rings. The molecule has 0 saturated carbocycles. The Labute approximate surface area is 232 Å². The Morgan fingerprint density at radius 2 is 2.00 bits per heavy atom. The highest BCUT2D eigenvalue weighted by Crippen LogP contribution is 2.36. The van der Waals surface area contributed by atoms with Crippen LogP contribution < -0.4 is 10.1 Å². The Balaban J connectivity index is 1.62. The fraction of sp³-hybridized carbons (Fsp3) is 0.414. The zero-order valence-corrected chi connectivity index (χ0v) is 23.2. The first-order chi connectivity index (χ1) is 18.9. The SMILES string of the molecule is CC(C)Oc1ccc(-c2nc(-c3cccc4c3CCN(C(=O)[C@](CO)(NC(=O)O)C(C)(C)C)C4)no2)cc1C#N. The number of carboxylic acid groups (broad SMARTS) is 1. The molecule has 0 aliphatic carbocycles. The van der Waals surface area contributed by atoms with Crippen LogP contribution in [0.1, 0.15) is 51.3 Å². The van der Waals surface area contributed by atoms with Crippen molar-refractivity contribution in [3.63, 3.8) is 0 Å². The molecule has 3 N–H and O–H groups in total. The summed E-state index contributed by atoms with van der Waals surface area (Å²) in [5.41, 5.74) is 0.934. The van der Waals surface area contributed by atoms with Crippen molar-refractivity contribution in [2.75, 3.05) is 13.2 Å². The molecule has 2 heterocycles. The van der Waals surface area contributed by atoms with E-state index in [0.29, 0.717) is 35.7 Å². The van der Waals surface area contributed by atoms with Crippen molar-refractivity contribution in [2.45, 2.75) is 59.2 Å². The molecule has 0 spiro atoms. The van der Waals surface area contributed by atoms with Crippen LogP contribution in [0.4, 0.5) is 4.79 Å². The highest BCUT2D eigenvalue weighted by Gasteiger charge is 2.51. The second-order valence-corrected chi connectivity index (χ2v) is 11.1. The van der Waals surface area contributed by atoms with Crippen molar-refractivity contribution in [1.29, 1.82) is 5.26 Å². The monoisotopic (exact) mass is 547 g/mol. The zero-order valence-electron chi connectivity index (χ0n) is 23.2. The largest absolute Gasteiger partial charge is 0.490 e. The van der Waals surface area contributed by atoms with Gasteiger partial charge in [0.05, 0.1) is 18.3 Å². The van der Waals surface area contributed by atoms with Crippen LogP contribution in [-0.4, -0.2) is 62.0 Å². The van der Waals surface area contributed by atoms with E-state index in [1.807, 2.05) is 32.0 Å². The minimum atomic E-state index is -1.70. The van der Waals surface area contributed by atoms with E-state index in [1.54, 1.807) is 43.9 Å². The third-order valence-electron chi connectivity index (χ3n) is 7.13. The number of carbonyl (C=O) groups is 2. The number of aromatic nitrogens is 2. The topological polar surface area (TPSA) is 162 Å². The van der Waals surface area contributed by atoms with Gasteiger partial charge in [-0.1, -0.05) is 44.1 Å². The highest BCUT2D eigenvalue weighted by atomic mass is 16.5. The van der Waals surface area contributed by atoms with Gasteiger partial charge in [-0.2, -0.15) is 10.2 Å². The number of ether oxygens (including phenoxy) is 1. The van der Waals surface area contributed by atoms with Gasteiger partial charge in [0.1, 0.15) is 17.4 Å². The maximum absolute atomic E-state index is 13.7. The summed E-state index contributed by atoms with van der Waals surface area (Å²) in [7, 11) is 0. The second-order valence-electron chi connectivity index (χ2n) is 11.1. The van der Waals surface area contributed by atoms with Gasteiger partial charge in [0.15, 0.2) is 0 Å². The van der Waals surface area contributed by atoms with Crippen LogP contribution in [0.25, 0.3) is 22.8 Å². The summed E-state index contributed by atoms with van der Waals surface area (Å²) in [4.78, 5) is 31.4. The fourth-order valence-corrected chi connectivity index (χ4v) is 4.91. The van der Waals surface area contributed by atoms with E-state index in [0.717, 1.165) is 16.7 Å². The van der Waals surface area contributed by atoms with E-state index < -0.39 is 29.6 Å². The summed E-state index contributed by atoms with van der Waals surface area (Å²) >= 11 is 0. The minimum Gasteiger partial charge on any atom is -0.490 e. The van der Waals surface area contributed by atoms with E-state index >= 15 is 0 Å². The molecule has 1 atom stereocenters. The molecule has 2 aromatic carbocycles. The number of nitrogens with zero attached hydrogens (tertiary/aromatic N) is 4. The van der Waals surface area contributed by atoms with Gasteiger partial charge < -0.3 is 29.7 Å². The minimum absolute atomic E-state index is 0.0783. The van der Waals surface area contributed by atoms with Crippen LogP contribution in [0, 0.1) is 16.7 Å². The standard InChI is InChI=1S/C29H33N5O6/c1-17(2)39-23-10-9-18(13-20(23)14-30)25-31-24(33-40-25)22-8-6-7-19-15-34(12-11-21(19)22)26(36)29(16-35,28(3,4)5)32-27(37)38/h6-10,13,17,32,35H,11-12,15-16H2,1-5H3,(H,37,38)/t29-/m0/s1. The molecular weight excluding hydrogens is 514 g/mol. The molecule has 40 heavy (non-hydrogen) atoms. The van der Waals surface area contributed by atoms with Gasteiger partial charge in [-0.05, 0) is 55.0 Å². The number of hydrogen-bond donors (Lipinski definition) is 3. The molecule has 1 aromatic heterocycles. The van der Waals surface area contributed by atoms with Crippen molar-refractivity contribution >= 4 is 12.0 Å². The number of hydrogen-bond acceptors (Lipinski definition) is 8. The van der Waals surface area contributed by atoms with Gasteiger partial charge in [0.25, 0.3) is 11.8 Å². The quantitative estimate of drug-likeness (QED) is 0.397. The molecule has 1 aliphatic rings. The third-order valence-corrected chi connectivity index (χ3v) is 7.13. The van der Waals surface area contributed by atoms with Gasteiger partial charge in [0.2, 0.25) is 5.82 Å². The first kappa shape index (κ1) is 28.6. The van der Waals surface area contributed by atoms with Crippen molar-refractivity contribution in [2.24, 2.45) is 5.41 Å². The smallest absolute Gasteiger partial charge is 0.405 e. The number of fused-ring (bicyclic) bond motifs is 1. The Bertz CT molecular complexity index is 1470. The van der Waals surface area contributed by atoms with Gasteiger partial charge in [-0.3, -0.25) is 4.79 Å². The molecule has 0 radical (unpaired) electrons. The Kier molecular flexibility index (Phi) is 7.84. The van der Waals surface area contributed by atoms with E-state index in [1.165, 1.54) is 0 Å². The Hall–Kier alpha value is -4.43. The molecule has 0 saturated heterocycles. The summed E-state index contributed by atoms with van der Waals surface area (Å²) in [6, 6.07) is 12.9.